The Kier molecular flexibility index (Phi) is 15.2. The number of hydrazine groups is 1. The number of aliphatic hydroxyl groups excluding tert-OH is 1. The molecule has 0 bridgehead atoms. The number of benzene rings is 1. The van der Waals surface area contributed by atoms with E-state index in [1.165, 1.54) is 82.1 Å². The molecule has 0 heterocycles. The van der Waals surface area contributed by atoms with Crippen molar-refractivity contribution in [2.75, 3.05) is 11.6 Å². The smallest absolute Gasteiger partial charge is 0.271 e. The van der Waals surface area contributed by atoms with Gasteiger partial charge in [-0.15, -0.1) is 0 Å². The van der Waals surface area contributed by atoms with E-state index in [0.717, 1.165) is 31.4 Å². The van der Waals surface area contributed by atoms with Crippen LogP contribution in [0.5, 0.6) is 0 Å². The van der Waals surface area contributed by atoms with Gasteiger partial charge in [-0.2, -0.15) is 0 Å². The lowest BCUT2D eigenvalue weighted by molar-refractivity contribution is -0.128. The van der Waals surface area contributed by atoms with Gasteiger partial charge in [-0.05, 0) is 30.9 Å². The Hall–Kier alpha value is -1.43. The van der Waals surface area contributed by atoms with E-state index in [9.17, 15) is 9.90 Å². The number of unbranched alkanes of at least 4 members (excludes halogenated alkanes) is 10. The Morgan fingerprint density at radius 3 is 2.09 bits per heavy atom. The fourth-order valence-electron chi connectivity index (χ4n) is 5.11. The molecule has 1 aliphatic rings. The molecule has 1 unspecified atom stereocenters. The Bertz CT molecular complexity index is 634. The van der Waals surface area contributed by atoms with Gasteiger partial charge in [0.05, 0.1) is 5.69 Å². The molecule has 1 fully saturated rings. The number of para-hydroxylation sites is 1. The van der Waals surface area contributed by atoms with Gasteiger partial charge in [-0.25, -0.2) is 10.4 Å². The molecule has 4 N–H and O–H groups in total. The lowest BCUT2D eigenvalue weighted by atomic mass is 9.84. The molecule has 1 amide bonds. The van der Waals surface area contributed by atoms with Crippen LogP contribution in [-0.2, 0) is 4.79 Å². The van der Waals surface area contributed by atoms with Crippen LogP contribution in [0.25, 0.3) is 0 Å². The lowest BCUT2D eigenvalue weighted by Gasteiger charge is -2.30. The minimum atomic E-state index is -1.19. The van der Waals surface area contributed by atoms with Crippen molar-refractivity contribution >= 4 is 11.6 Å². The molecular weight excluding hydrogens is 422 g/mol. The second-order valence-corrected chi connectivity index (χ2v) is 10.3. The number of aliphatic hydroxyl groups is 1. The Morgan fingerprint density at radius 1 is 0.941 bits per heavy atom. The third kappa shape index (κ3) is 11.3. The zero-order chi connectivity index (χ0) is 24.4. The predicted molar refractivity (Wildman–Crippen MR) is 144 cm³/mol. The molecule has 1 aliphatic carbocycles. The molecule has 194 valence electrons. The van der Waals surface area contributed by atoms with Crippen LogP contribution in [0.3, 0.4) is 0 Å². The maximum Gasteiger partial charge on any atom is 0.271 e. The highest BCUT2D eigenvalue weighted by molar-refractivity contribution is 5.96. The number of nitrogens with two attached hydrogens (primary N) is 1. The van der Waals surface area contributed by atoms with E-state index in [2.05, 4.69) is 12.3 Å². The fourth-order valence-corrected chi connectivity index (χ4v) is 5.11. The summed E-state index contributed by atoms with van der Waals surface area (Å²) in [5.74, 6) is 0.179. The predicted octanol–water partition coefficient (Wildman–Crippen LogP) is 6.49. The largest absolute Gasteiger partial charge is 0.382 e. The number of rotatable bonds is 18. The first-order valence-corrected chi connectivity index (χ1v) is 14.2. The van der Waals surface area contributed by atoms with E-state index in [1.54, 1.807) is 0 Å². The van der Waals surface area contributed by atoms with Crippen LogP contribution >= 0.6 is 0 Å². The van der Waals surface area contributed by atoms with Crippen LogP contribution in [0.1, 0.15) is 116 Å². The molecule has 5 heteroatoms. The topological polar surface area (TPSA) is 78.6 Å². The standard InChI is InChI=1S/C29H51N3O2/c1-2-3-4-5-6-7-8-9-10-11-18-23-31-32(26-21-16-13-17-22-26)29(34)28(33)27(30)24-25-19-14-12-15-20-25/h13,16-17,21-22,25,27-28,31,33H,2-12,14-15,18-20,23-24,30H2,1H3/t27-,28?/m1/s1. The molecular formula is C29H51N3O2. The highest BCUT2D eigenvalue weighted by Gasteiger charge is 2.30. The van der Waals surface area contributed by atoms with Gasteiger partial charge in [-0.3, -0.25) is 4.79 Å². The van der Waals surface area contributed by atoms with E-state index in [0.29, 0.717) is 18.9 Å². The van der Waals surface area contributed by atoms with E-state index in [4.69, 9.17) is 5.73 Å². The lowest BCUT2D eigenvalue weighted by Crippen LogP contribution is -2.54. The van der Waals surface area contributed by atoms with Crippen molar-refractivity contribution in [1.82, 2.24) is 5.43 Å². The van der Waals surface area contributed by atoms with Crippen molar-refractivity contribution in [1.29, 1.82) is 0 Å². The summed E-state index contributed by atoms with van der Waals surface area (Å²) in [6.45, 7) is 2.97. The van der Waals surface area contributed by atoms with Crippen LogP contribution in [0.15, 0.2) is 30.3 Å². The van der Waals surface area contributed by atoms with E-state index >= 15 is 0 Å². The Labute approximate surface area is 208 Å². The molecule has 5 nitrogen and oxygen atoms in total. The molecule has 0 aliphatic heterocycles. The van der Waals surface area contributed by atoms with Crippen molar-refractivity contribution in [3.8, 4) is 0 Å². The molecule has 1 aromatic rings. The van der Waals surface area contributed by atoms with Crippen molar-refractivity contribution in [3.05, 3.63) is 30.3 Å². The molecule has 2 atom stereocenters. The summed E-state index contributed by atoms with van der Waals surface area (Å²) in [5, 5.41) is 12.3. The molecule has 2 rings (SSSR count). The molecule has 1 saturated carbocycles. The molecule has 0 radical (unpaired) electrons. The number of nitrogens with zero attached hydrogens (tertiary/aromatic N) is 1. The average Bonchev–Trinajstić information content (AvgIpc) is 2.87. The van der Waals surface area contributed by atoms with Gasteiger partial charge in [-0.1, -0.05) is 121 Å². The van der Waals surface area contributed by atoms with Crippen molar-refractivity contribution in [3.63, 3.8) is 0 Å². The van der Waals surface area contributed by atoms with Gasteiger partial charge in [0.1, 0.15) is 6.10 Å². The summed E-state index contributed by atoms with van der Waals surface area (Å²) in [5.41, 5.74) is 10.3. The molecule has 1 aromatic carbocycles. The normalized spacial score (nSPS) is 16.3. The third-order valence-electron chi connectivity index (χ3n) is 7.27. The van der Waals surface area contributed by atoms with Crippen LogP contribution < -0.4 is 16.2 Å². The summed E-state index contributed by atoms with van der Waals surface area (Å²) in [6.07, 6.45) is 19.8. The number of hydrogen-bond donors (Lipinski definition) is 3. The SMILES string of the molecule is CCCCCCCCCCCCCNN(C(=O)C(O)[C@H](N)CC1CCCCC1)c1ccccc1. The minimum absolute atomic E-state index is 0.349. The number of hydrogen-bond acceptors (Lipinski definition) is 4. The fraction of sp³-hybridized carbons (Fsp3) is 0.759. The zero-order valence-corrected chi connectivity index (χ0v) is 21.7. The van der Waals surface area contributed by atoms with Gasteiger partial charge in [0.2, 0.25) is 0 Å². The monoisotopic (exact) mass is 473 g/mol. The van der Waals surface area contributed by atoms with Crippen molar-refractivity contribution < 1.29 is 9.90 Å². The van der Waals surface area contributed by atoms with Gasteiger partial charge in [0.15, 0.2) is 0 Å². The first-order valence-electron chi connectivity index (χ1n) is 14.2. The summed E-state index contributed by atoms with van der Waals surface area (Å²) in [4.78, 5) is 13.2. The molecule has 34 heavy (non-hydrogen) atoms. The number of carbonyl (C=O) groups is 1. The van der Waals surface area contributed by atoms with Crippen LogP contribution in [0.4, 0.5) is 5.69 Å². The average molecular weight is 474 g/mol. The summed E-state index contributed by atoms with van der Waals surface area (Å²) in [6, 6.07) is 9.02. The zero-order valence-electron chi connectivity index (χ0n) is 21.7. The van der Waals surface area contributed by atoms with Gasteiger partial charge >= 0.3 is 0 Å². The quantitative estimate of drug-likeness (QED) is 0.168. The minimum Gasteiger partial charge on any atom is -0.382 e. The van der Waals surface area contributed by atoms with Crippen LogP contribution in [0, 0.1) is 5.92 Å². The number of carbonyl (C=O) groups excluding carboxylic acids is 1. The van der Waals surface area contributed by atoms with Crippen LogP contribution in [-0.4, -0.2) is 29.7 Å². The van der Waals surface area contributed by atoms with Gasteiger partial charge < -0.3 is 10.8 Å². The third-order valence-corrected chi connectivity index (χ3v) is 7.27. The number of nitrogens with one attached hydrogen (secondary N) is 1. The molecule has 0 spiro atoms. The summed E-state index contributed by atoms with van der Waals surface area (Å²) >= 11 is 0. The highest BCUT2D eigenvalue weighted by atomic mass is 16.3. The highest BCUT2D eigenvalue weighted by Crippen LogP contribution is 2.28. The summed E-state index contributed by atoms with van der Waals surface area (Å²) in [7, 11) is 0. The molecule has 0 aromatic heterocycles. The Balaban J connectivity index is 1.71. The summed E-state index contributed by atoms with van der Waals surface area (Å²) < 4.78 is 0. The van der Waals surface area contributed by atoms with Gasteiger partial charge in [0.25, 0.3) is 5.91 Å². The Morgan fingerprint density at radius 2 is 1.50 bits per heavy atom. The first-order chi connectivity index (χ1) is 16.6. The molecule has 0 saturated heterocycles. The first kappa shape index (κ1) is 28.8. The van der Waals surface area contributed by atoms with E-state index in [1.807, 2.05) is 30.3 Å². The maximum absolute atomic E-state index is 13.2. The second kappa shape index (κ2) is 17.9. The van der Waals surface area contributed by atoms with Crippen molar-refractivity contribution in [2.24, 2.45) is 11.7 Å². The van der Waals surface area contributed by atoms with E-state index < -0.39 is 12.1 Å². The van der Waals surface area contributed by atoms with Crippen LogP contribution in [0.2, 0.25) is 0 Å². The second-order valence-electron chi connectivity index (χ2n) is 10.3. The van der Waals surface area contributed by atoms with Crippen molar-refractivity contribution in [2.45, 2.75) is 128 Å². The van der Waals surface area contributed by atoms with Gasteiger partial charge in [0, 0.05) is 12.6 Å². The van der Waals surface area contributed by atoms with E-state index in [-0.39, 0.29) is 5.91 Å². The number of amides is 1. The maximum atomic E-state index is 13.2. The number of anilines is 1.